The summed E-state index contributed by atoms with van der Waals surface area (Å²) < 4.78 is 42.0. The summed E-state index contributed by atoms with van der Waals surface area (Å²) >= 11 is 1.40. The number of carbonyl (C=O) groups excluding carboxylic acids is 1. The van der Waals surface area contributed by atoms with Crippen LogP contribution in [-0.2, 0) is 17.1 Å². The zero-order valence-corrected chi connectivity index (χ0v) is 17.8. The molecule has 0 aliphatic carbocycles. The zero-order valence-electron chi connectivity index (χ0n) is 16.1. The van der Waals surface area contributed by atoms with E-state index < -0.39 is 15.8 Å². The number of nitrogens with zero attached hydrogens (tertiary/aromatic N) is 4. The highest BCUT2D eigenvalue weighted by molar-refractivity contribution is 7.89. The smallest absolute Gasteiger partial charge is 0.264 e. The van der Waals surface area contributed by atoms with E-state index in [4.69, 9.17) is 0 Å². The number of fused-ring (bicyclic) bond motifs is 1. The van der Waals surface area contributed by atoms with E-state index in [-0.39, 0.29) is 17.3 Å². The molecule has 7 nitrogen and oxygen atoms in total. The summed E-state index contributed by atoms with van der Waals surface area (Å²) in [4.78, 5) is 16.3. The predicted molar refractivity (Wildman–Crippen MR) is 109 cm³/mol. The van der Waals surface area contributed by atoms with Crippen molar-refractivity contribution in [1.29, 1.82) is 0 Å². The summed E-state index contributed by atoms with van der Waals surface area (Å²) in [5, 5.41) is 5.32. The Labute approximate surface area is 172 Å². The highest BCUT2D eigenvalue weighted by Crippen LogP contribution is 2.29. The first-order valence-electron chi connectivity index (χ1n) is 9.25. The molecule has 0 unspecified atom stereocenters. The SMILES string of the molecule is Cc1nn(C)c2sc(C(=O)N3CCCN(S(=O)(=O)c4ccc(F)cc4)CC3)cc12. The number of hydrogen-bond acceptors (Lipinski definition) is 5. The van der Waals surface area contributed by atoms with Gasteiger partial charge in [-0.1, -0.05) is 0 Å². The van der Waals surface area contributed by atoms with Gasteiger partial charge in [-0.2, -0.15) is 9.40 Å². The number of benzene rings is 1. The molecular formula is C19H21FN4O3S2. The number of aryl methyl sites for hydroxylation is 2. The molecule has 2 aromatic heterocycles. The minimum atomic E-state index is -3.72. The minimum Gasteiger partial charge on any atom is -0.337 e. The fraction of sp³-hybridized carbons (Fsp3) is 0.368. The molecule has 0 radical (unpaired) electrons. The summed E-state index contributed by atoms with van der Waals surface area (Å²) in [6.07, 6.45) is 0.539. The van der Waals surface area contributed by atoms with Gasteiger partial charge in [-0.3, -0.25) is 9.48 Å². The zero-order chi connectivity index (χ0) is 20.8. The number of amides is 1. The maximum absolute atomic E-state index is 13.1. The van der Waals surface area contributed by atoms with Crippen LogP contribution in [-0.4, -0.2) is 59.5 Å². The van der Waals surface area contributed by atoms with Crippen LogP contribution in [0.1, 0.15) is 21.8 Å². The van der Waals surface area contributed by atoms with Gasteiger partial charge >= 0.3 is 0 Å². The monoisotopic (exact) mass is 436 g/mol. The average Bonchev–Trinajstić information content (AvgIpc) is 3.12. The molecule has 1 saturated heterocycles. The minimum absolute atomic E-state index is 0.0613. The molecule has 3 aromatic rings. The number of rotatable bonds is 3. The number of sulfonamides is 1. The van der Waals surface area contributed by atoms with Gasteiger partial charge in [0.15, 0.2) is 0 Å². The lowest BCUT2D eigenvalue weighted by molar-refractivity contribution is 0.0769. The molecule has 0 spiro atoms. The maximum Gasteiger partial charge on any atom is 0.264 e. The van der Waals surface area contributed by atoms with Gasteiger partial charge in [0.2, 0.25) is 10.0 Å². The van der Waals surface area contributed by atoms with Crippen molar-refractivity contribution in [3.63, 3.8) is 0 Å². The van der Waals surface area contributed by atoms with Gasteiger partial charge in [0, 0.05) is 38.6 Å². The van der Waals surface area contributed by atoms with Crippen molar-refractivity contribution in [1.82, 2.24) is 19.0 Å². The second-order valence-electron chi connectivity index (χ2n) is 7.04. The Morgan fingerprint density at radius 3 is 2.55 bits per heavy atom. The van der Waals surface area contributed by atoms with Gasteiger partial charge in [-0.05, 0) is 43.7 Å². The molecule has 1 aliphatic heterocycles. The molecular weight excluding hydrogens is 415 g/mol. The van der Waals surface area contributed by atoms with E-state index in [1.54, 1.807) is 9.58 Å². The van der Waals surface area contributed by atoms with Gasteiger partial charge in [-0.25, -0.2) is 12.8 Å². The summed E-state index contributed by atoms with van der Waals surface area (Å²) in [7, 11) is -1.87. The molecule has 10 heteroatoms. The lowest BCUT2D eigenvalue weighted by Crippen LogP contribution is -2.37. The van der Waals surface area contributed by atoms with Gasteiger partial charge in [0.25, 0.3) is 5.91 Å². The number of thiophene rings is 1. The molecule has 0 saturated carbocycles. The number of aromatic nitrogens is 2. The van der Waals surface area contributed by atoms with Crippen LogP contribution in [0.4, 0.5) is 4.39 Å². The number of carbonyl (C=O) groups is 1. The Hall–Kier alpha value is -2.30. The van der Waals surface area contributed by atoms with Crippen molar-refractivity contribution in [2.45, 2.75) is 18.2 Å². The summed E-state index contributed by atoms with van der Waals surface area (Å²) in [5.74, 6) is -0.572. The highest BCUT2D eigenvalue weighted by atomic mass is 32.2. The lowest BCUT2D eigenvalue weighted by Gasteiger charge is -2.21. The molecule has 1 fully saturated rings. The second-order valence-corrected chi connectivity index (χ2v) is 10.0. The van der Waals surface area contributed by atoms with Crippen molar-refractivity contribution in [2.24, 2.45) is 7.05 Å². The molecule has 4 rings (SSSR count). The third-order valence-electron chi connectivity index (χ3n) is 5.10. The lowest BCUT2D eigenvalue weighted by atomic mass is 10.3. The molecule has 0 bridgehead atoms. The van der Waals surface area contributed by atoms with E-state index >= 15 is 0 Å². The molecule has 0 N–H and O–H groups in total. The van der Waals surface area contributed by atoms with Gasteiger partial charge in [0.1, 0.15) is 10.6 Å². The highest BCUT2D eigenvalue weighted by Gasteiger charge is 2.29. The molecule has 1 amide bonds. The van der Waals surface area contributed by atoms with Crippen LogP contribution in [0.15, 0.2) is 35.2 Å². The Kier molecular flexibility index (Phi) is 5.18. The van der Waals surface area contributed by atoms with E-state index in [2.05, 4.69) is 5.10 Å². The standard InChI is InChI=1S/C19H21FN4O3S2/c1-13-16-12-17(28-19(16)22(2)21-13)18(25)23-8-3-9-24(11-10-23)29(26,27)15-6-4-14(20)5-7-15/h4-7,12H,3,8-11H2,1-2H3. The Bertz CT molecular complexity index is 1130. The summed E-state index contributed by atoms with van der Waals surface area (Å²) in [6, 6.07) is 6.68. The normalized spacial score (nSPS) is 16.3. The van der Waals surface area contributed by atoms with Crippen LogP contribution < -0.4 is 0 Å². The van der Waals surface area contributed by atoms with Crippen LogP contribution >= 0.6 is 11.3 Å². The predicted octanol–water partition coefficient (Wildman–Crippen LogP) is 2.62. The van der Waals surface area contributed by atoms with Crippen molar-refractivity contribution in [2.75, 3.05) is 26.2 Å². The van der Waals surface area contributed by atoms with Crippen molar-refractivity contribution in [3.05, 3.63) is 46.7 Å². The van der Waals surface area contributed by atoms with E-state index in [1.807, 2.05) is 20.0 Å². The maximum atomic E-state index is 13.1. The van der Waals surface area contributed by atoms with Crippen molar-refractivity contribution < 1.29 is 17.6 Å². The molecule has 0 atom stereocenters. The number of hydrogen-bond donors (Lipinski definition) is 0. The van der Waals surface area contributed by atoms with Gasteiger partial charge in [-0.15, -0.1) is 11.3 Å². The van der Waals surface area contributed by atoms with Crippen LogP contribution in [0.3, 0.4) is 0 Å². The first-order valence-corrected chi connectivity index (χ1v) is 11.5. The Balaban J connectivity index is 1.51. The molecule has 1 aromatic carbocycles. The quantitative estimate of drug-likeness (QED) is 0.633. The third-order valence-corrected chi connectivity index (χ3v) is 8.20. The molecule has 3 heterocycles. The van der Waals surface area contributed by atoms with E-state index in [0.717, 1.165) is 28.0 Å². The summed E-state index contributed by atoms with van der Waals surface area (Å²) in [5.41, 5.74) is 0.880. The molecule has 154 valence electrons. The topological polar surface area (TPSA) is 75.5 Å². The summed E-state index contributed by atoms with van der Waals surface area (Å²) in [6.45, 7) is 3.23. The van der Waals surface area contributed by atoms with E-state index in [0.29, 0.717) is 30.9 Å². The largest absolute Gasteiger partial charge is 0.337 e. The first-order chi connectivity index (χ1) is 13.8. The Morgan fingerprint density at radius 1 is 1.14 bits per heavy atom. The third kappa shape index (κ3) is 3.67. The van der Waals surface area contributed by atoms with Gasteiger partial charge < -0.3 is 4.90 Å². The van der Waals surface area contributed by atoms with Crippen molar-refractivity contribution >= 4 is 37.5 Å². The van der Waals surface area contributed by atoms with Crippen LogP contribution in [0.25, 0.3) is 10.2 Å². The molecule has 1 aliphatic rings. The fourth-order valence-corrected chi connectivity index (χ4v) is 6.12. The van der Waals surface area contributed by atoms with Crippen molar-refractivity contribution in [3.8, 4) is 0 Å². The number of halogens is 1. The second kappa shape index (κ2) is 7.51. The average molecular weight is 437 g/mol. The van der Waals surface area contributed by atoms with E-state index in [1.165, 1.54) is 27.8 Å². The fourth-order valence-electron chi connectivity index (χ4n) is 3.56. The van der Waals surface area contributed by atoms with Gasteiger partial charge in [0.05, 0.1) is 15.5 Å². The molecule has 29 heavy (non-hydrogen) atoms. The van der Waals surface area contributed by atoms with Crippen LogP contribution in [0, 0.1) is 12.7 Å². The van der Waals surface area contributed by atoms with E-state index in [9.17, 15) is 17.6 Å². The first kappa shape index (κ1) is 20.0. The van der Waals surface area contributed by atoms with Crippen LogP contribution in [0.2, 0.25) is 0 Å². The Morgan fingerprint density at radius 2 is 1.86 bits per heavy atom. The van der Waals surface area contributed by atoms with Crippen LogP contribution in [0.5, 0.6) is 0 Å².